The summed E-state index contributed by atoms with van der Waals surface area (Å²) in [5.41, 5.74) is 0.553. The SMILES string of the molecule is O=C(Nc1ccccc1)/C(=C/c1ccco1)NC(=O)c1ccc([N+](=O)[O-])cc1. The van der Waals surface area contributed by atoms with Gasteiger partial charge in [0.1, 0.15) is 11.5 Å². The van der Waals surface area contributed by atoms with E-state index in [-0.39, 0.29) is 16.9 Å². The molecule has 0 radical (unpaired) electrons. The van der Waals surface area contributed by atoms with Crippen LogP contribution in [0.15, 0.2) is 83.1 Å². The van der Waals surface area contributed by atoms with Gasteiger partial charge in [0.15, 0.2) is 0 Å². The second-order valence-electron chi connectivity index (χ2n) is 5.65. The lowest BCUT2D eigenvalue weighted by atomic mass is 10.2. The Bertz CT molecular complexity index is 1010. The van der Waals surface area contributed by atoms with Crippen molar-refractivity contribution in [2.45, 2.75) is 0 Å². The lowest BCUT2D eigenvalue weighted by Gasteiger charge is -2.10. The topological polar surface area (TPSA) is 114 Å². The van der Waals surface area contributed by atoms with Crippen LogP contribution in [0.4, 0.5) is 11.4 Å². The third-order valence-electron chi connectivity index (χ3n) is 3.69. The Balaban J connectivity index is 1.81. The third-order valence-corrected chi connectivity index (χ3v) is 3.69. The molecule has 0 fully saturated rings. The van der Waals surface area contributed by atoms with Crippen LogP contribution in [0.25, 0.3) is 6.08 Å². The molecule has 1 aromatic heterocycles. The van der Waals surface area contributed by atoms with Crippen molar-refractivity contribution in [3.63, 3.8) is 0 Å². The fourth-order valence-corrected chi connectivity index (χ4v) is 2.32. The standard InChI is InChI=1S/C20H15N3O5/c24-19(14-8-10-16(11-9-14)23(26)27)22-18(13-17-7-4-12-28-17)20(25)21-15-5-2-1-3-6-15/h1-13H,(H,21,25)(H,22,24)/b18-13-. The molecule has 2 amide bonds. The van der Waals surface area contributed by atoms with Crippen molar-refractivity contribution in [3.8, 4) is 0 Å². The lowest BCUT2D eigenvalue weighted by molar-refractivity contribution is -0.384. The molecule has 2 N–H and O–H groups in total. The number of nitro groups is 1. The van der Waals surface area contributed by atoms with Gasteiger partial charge in [-0.15, -0.1) is 0 Å². The summed E-state index contributed by atoms with van der Waals surface area (Å²) in [6.07, 6.45) is 2.83. The van der Waals surface area contributed by atoms with Gasteiger partial charge in [-0.2, -0.15) is 0 Å². The Kier molecular flexibility index (Phi) is 5.61. The van der Waals surface area contributed by atoms with E-state index in [0.29, 0.717) is 11.4 Å². The second kappa shape index (κ2) is 8.45. The minimum atomic E-state index is -0.587. The van der Waals surface area contributed by atoms with E-state index in [1.54, 1.807) is 36.4 Å². The van der Waals surface area contributed by atoms with E-state index >= 15 is 0 Å². The van der Waals surface area contributed by atoms with Crippen LogP contribution in [0.1, 0.15) is 16.1 Å². The lowest BCUT2D eigenvalue weighted by Crippen LogP contribution is -2.30. The van der Waals surface area contributed by atoms with Crippen molar-refractivity contribution in [1.29, 1.82) is 0 Å². The summed E-state index contributed by atoms with van der Waals surface area (Å²) in [6, 6.07) is 17.1. The molecule has 0 aliphatic rings. The Morgan fingerprint density at radius 1 is 0.964 bits per heavy atom. The van der Waals surface area contributed by atoms with Crippen molar-refractivity contribution in [2.75, 3.05) is 5.32 Å². The summed E-state index contributed by atoms with van der Waals surface area (Å²) in [4.78, 5) is 35.3. The van der Waals surface area contributed by atoms with Gasteiger partial charge in [0.2, 0.25) is 0 Å². The summed E-state index contributed by atoms with van der Waals surface area (Å²) in [5, 5.41) is 15.9. The van der Waals surface area contributed by atoms with Crippen LogP contribution in [-0.2, 0) is 4.79 Å². The van der Waals surface area contributed by atoms with Crippen molar-refractivity contribution in [1.82, 2.24) is 5.32 Å². The molecule has 0 saturated heterocycles. The van der Waals surface area contributed by atoms with Gasteiger partial charge in [-0.05, 0) is 36.4 Å². The van der Waals surface area contributed by atoms with Gasteiger partial charge in [0.25, 0.3) is 17.5 Å². The number of furan rings is 1. The van der Waals surface area contributed by atoms with Crippen LogP contribution < -0.4 is 10.6 Å². The van der Waals surface area contributed by atoms with E-state index in [9.17, 15) is 19.7 Å². The zero-order chi connectivity index (χ0) is 19.9. The molecule has 140 valence electrons. The Hall–Kier alpha value is -4.20. The van der Waals surface area contributed by atoms with Gasteiger partial charge in [-0.3, -0.25) is 19.7 Å². The van der Waals surface area contributed by atoms with E-state index in [2.05, 4.69) is 10.6 Å². The molecule has 1 heterocycles. The van der Waals surface area contributed by atoms with Gasteiger partial charge in [-0.25, -0.2) is 0 Å². The smallest absolute Gasteiger partial charge is 0.272 e. The molecule has 28 heavy (non-hydrogen) atoms. The van der Waals surface area contributed by atoms with Gasteiger partial charge < -0.3 is 15.1 Å². The number of nitro benzene ring substituents is 1. The van der Waals surface area contributed by atoms with E-state index in [1.807, 2.05) is 6.07 Å². The maximum atomic E-state index is 12.6. The number of hydrogen-bond acceptors (Lipinski definition) is 5. The molecule has 0 aliphatic carbocycles. The number of carbonyl (C=O) groups is 2. The van der Waals surface area contributed by atoms with Gasteiger partial charge >= 0.3 is 0 Å². The molecule has 8 heteroatoms. The number of rotatable bonds is 6. The molecule has 0 saturated carbocycles. The normalized spacial score (nSPS) is 10.9. The molecule has 3 rings (SSSR count). The van der Waals surface area contributed by atoms with Crippen LogP contribution in [0, 0.1) is 10.1 Å². The first-order valence-corrected chi connectivity index (χ1v) is 8.20. The average molecular weight is 377 g/mol. The van der Waals surface area contributed by atoms with Crippen LogP contribution in [0.3, 0.4) is 0 Å². The molecule has 8 nitrogen and oxygen atoms in total. The van der Waals surface area contributed by atoms with Crippen LogP contribution in [0.2, 0.25) is 0 Å². The maximum absolute atomic E-state index is 12.6. The van der Waals surface area contributed by atoms with Gasteiger partial charge in [0, 0.05) is 29.5 Å². The zero-order valence-electron chi connectivity index (χ0n) is 14.5. The third kappa shape index (κ3) is 4.70. The highest BCUT2D eigenvalue weighted by Crippen LogP contribution is 2.14. The van der Waals surface area contributed by atoms with E-state index in [1.165, 1.54) is 36.6 Å². The highest BCUT2D eigenvalue weighted by molar-refractivity contribution is 6.10. The van der Waals surface area contributed by atoms with Crippen LogP contribution in [-0.4, -0.2) is 16.7 Å². The summed E-state index contributed by atoms with van der Waals surface area (Å²) in [5.74, 6) is -0.754. The number of amides is 2. The fraction of sp³-hybridized carbons (Fsp3) is 0. The number of hydrogen-bond donors (Lipinski definition) is 2. The summed E-state index contributed by atoms with van der Waals surface area (Å²) >= 11 is 0. The monoisotopic (exact) mass is 377 g/mol. The Morgan fingerprint density at radius 2 is 1.68 bits per heavy atom. The molecule has 2 aromatic carbocycles. The minimum absolute atomic E-state index is 0.0397. The highest BCUT2D eigenvalue weighted by Gasteiger charge is 2.16. The van der Waals surface area contributed by atoms with Crippen LogP contribution >= 0.6 is 0 Å². The number of benzene rings is 2. The largest absolute Gasteiger partial charge is 0.465 e. The van der Waals surface area contributed by atoms with E-state index in [0.717, 1.165) is 0 Å². The average Bonchev–Trinajstić information content (AvgIpc) is 3.21. The second-order valence-corrected chi connectivity index (χ2v) is 5.65. The molecule has 0 bridgehead atoms. The van der Waals surface area contributed by atoms with Crippen molar-refractivity contribution < 1.29 is 18.9 Å². The number of anilines is 1. The van der Waals surface area contributed by atoms with E-state index < -0.39 is 16.7 Å². The number of para-hydroxylation sites is 1. The van der Waals surface area contributed by atoms with Crippen LogP contribution in [0.5, 0.6) is 0 Å². The van der Waals surface area contributed by atoms with Gasteiger partial charge in [-0.1, -0.05) is 18.2 Å². The molecule has 0 spiro atoms. The zero-order valence-corrected chi connectivity index (χ0v) is 14.5. The molecular weight excluding hydrogens is 362 g/mol. The molecule has 0 aliphatic heterocycles. The first-order chi connectivity index (χ1) is 13.5. The summed E-state index contributed by atoms with van der Waals surface area (Å²) in [6.45, 7) is 0. The van der Waals surface area contributed by atoms with Gasteiger partial charge in [0.05, 0.1) is 11.2 Å². The number of carbonyl (C=O) groups excluding carboxylic acids is 2. The predicted octanol–water partition coefficient (Wildman–Crippen LogP) is 3.60. The van der Waals surface area contributed by atoms with Crippen molar-refractivity contribution >= 4 is 29.3 Å². The summed E-state index contributed by atoms with van der Waals surface area (Å²) < 4.78 is 5.21. The Labute approximate surface area is 159 Å². The minimum Gasteiger partial charge on any atom is -0.465 e. The van der Waals surface area contributed by atoms with Crippen molar-refractivity contribution in [3.05, 3.63) is 100 Å². The van der Waals surface area contributed by atoms with E-state index in [4.69, 9.17) is 4.42 Å². The molecular formula is C20H15N3O5. The highest BCUT2D eigenvalue weighted by atomic mass is 16.6. The number of non-ortho nitro benzene ring substituents is 1. The molecule has 3 aromatic rings. The number of nitrogens with one attached hydrogen (secondary N) is 2. The summed E-state index contributed by atoms with van der Waals surface area (Å²) in [7, 11) is 0. The molecule has 0 unspecified atom stereocenters. The maximum Gasteiger partial charge on any atom is 0.272 e. The van der Waals surface area contributed by atoms with Crippen molar-refractivity contribution in [2.24, 2.45) is 0 Å². The first-order valence-electron chi connectivity index (χ1n) is 8.20. The Morgan fingerprint density at radius 3 is 2.29 bits per heavy atom. The molecule has 0 atom stereocenters. The predicted molar refractivity (Wildman–Crippen MR) is 102 cm³/mol. The fourth-order valence-electron chi connectivity index (χ4n) is 2.32. The quantitative estimate of drug-likeness (QED) is 0.387. The first kappa shape index (κ1) is 18.6. The number of nitrogens with zero attached hydrogens (tertiary/aromatic N) is 1.